The molecule has 0 aromatic rings. The minimum absolute atomic E-state index is 0.263. The van der Waals surface area contributed by atoms with Gasteiger partial charge < -0.3 is 4.74 Å². The number of carbonyl (C=O) groups is 1. The average Bonchev–Trinajstić information content (AvgIpc) is 2.38. The number of nitro groups is 2. The van der Waals surface area contributed by atoms with Gasteiger partial charge in [-0.3, -0.25) is 25.0 Å². The second-order valence-corrected chi connectivity index (χ2v) is 4.34. The number of hydrogen-bond donors (Lipinski definition) is 0. The Hall–Kier alpha value is -2.25. The van der Waals surface area contributed by atoms with Crippen LogP contribution in [0, 0.1) is 26.1 Å². The zero-order valence-electron chi connectivity index (χ0n) is 9.44. The molecule has 0 fully saturated rings. The maximum absolute atomic E-state index is 11.6. The minimum atomic E-state index is -1.73. The van der Waals surface area contributed by atoms with Crippen molar-refractivity contribution in [2.75, 3.05) is 7.11 Å². The smallest absolute Gasteiger partial charge is 0.317 e. The molecule has 0 aliphatic heterocycles. The molecule has 0 spiro atoms. The van der Waals surface area contributed by atoms with Crippen LogP contribution in [0.3, 0.4) is 0 Å². The zero-order chi connectivity index (χ0) is 13.6. The third kappa shape index (κ3) is 1.35. The Morgan fingerprint density at radius 3 is 2.17 bits per heavy atom. The average molecular weight is 254 g/mol. The summed E-state index contributed by atoms with van der Waals surface area (Å²) in [6.45, 7) is 0. The number of fused-ring (bicyclic) bond motifs is 1. The van der Waals surface area contributed by atoms with E-state index in [1.165, 1.54) is 12.2 Å². The van der Waals surface area contributed by atoms with Gasteiger partial charge in [0.15, 0.2) is 0 Å². The molecule has 1 unspecified atom stereocenters. The number of methoxy groups -OCH3 is 1. The topological polar surface area (TPSA) is 113 Å². The van der Waals surface area contributed by atoms with E-state index in [-0.39, 0.29) is 6.42 Å². The van der Waals surface area contributed by atoms with Crippen LogP contribution in [0.15, 0.2) is 24.3 Å². The van der Waals surface area contributed by atoms with E-state index in [9.17, 15) is 25.0 Å². The molecule has 96 valence electrons. The SMILES string of the molecule is COC(=O)C1CC2([N+](=O)[O-])C=CC1([N+](=O)[O-])C=C2. The molecule has 0 saturated heterocycles. The van der Waals surface area contributed by atoms with E-state index in [0.717, 1.165) is 19.3 Å². The number of carbonyl (C=O) groups excluding carboxylic acids is 1. The van der Waals surface area contributed by atoms with E-state index < -0.39 is 32.8 Å². The number of ether oxygens (including phenoxy) is 1. The molecule has 0 heterocycles. The Labute approximate surface area is 101 Å². The number of rotatable bonds is 3. The fraction of sp³-hybridized carbons (Fsp3) is 0.500. The van der Waals surface area contributed by atoms with Crippen LogP contribution in [0.25, 0.3) is 0 Å². The lowest BCUT2D eigenvalue weighted by Crippen LogP contribution is -2.57. The third-order valence-corrected chi connectivity index (χ3v) is 3.51. The van der Waals surface area contributed by atoms with Gasteiger partial charge in [0, 0.05) is 28.4 Å². The normalized spacial score (nSPS) is 36.4. The monoisotopic (exact) mass is 254 g/mol. The van der Waals surface area contributed by atoms with Crippen molar-refractivity contribution in [3.05, 3.63) is 44.5 Å². The molecule has 3 aliphatic rings. The summed E-state index contributed by atoms with van der Waals surface area (Å²) in [4.78, 5) is 32.6. The standard InChI is InChI=1S/C10H10N2O6/c1-18-8(13)7-6-9(11(14)15)2-4-10(7,5-3-9)12(16)17/h2-5,7H,6H2,1H3. The van der Waals surface area contributed by atoms with Crippen LogP contribution in [0.1, 0.15) is 6.42 Å². The van der Waals surface area contributed by atoms with Gasteiger partial charge in [-0.2, -0.15) is 0 Å². The Kier molecular flexibility index (Phi) is 2.46. The summed E-state index contributed by atoms with van der Waals surface area (Å²) in [6, 6.07) is 0. The molecule has 8 nitrogen and oxygen atoms in total. The number of nitrogens with zero attached hydrogens (tertiary/aromatic N) is 2. The summed E-state index contributed by atoms with van der Waals surface area (Å²) in [5.41, 5.74) is -3.28. The van der Waals surface area contributed by atoms with E-state index in [0.29, 0.717) is 0 Å². The quantitative estimate of drug-likeness (QED) is 0.310. The van der Waals surface area contributed by atoms with Gasteiger partial charge in [-0.25, -0.2) is 0 Å². The van der Waals surface area contributed by atoms with Crippen molar-refractivity contribution < 1.29 is 19.4 Å². The van der Waals surface area contributed by atoms with Crippen LogP contribution < -0.4 is 0 Å². The van der Waals surface area contributed by atoms with Crippen molar-refractivity contribution in [2.45, 2.75) is 17.5 Å². The molecule has 0 saturated carbocycles. The summed E-state index contributed by atoms with van der Waals surface area (Å²) in [5.74, 6) is -2.00. The highest BCUT2D eigenvalue weighted by Crippen LogP contribution is 2.44. The molecule has 8 heteroatoms. The van der Waals surface area contributed by atoms with Crippen molar-refractivity contribution in [3.8, 4) is 0 Å². The molecule has 18 heavy (non-hydrogen) atoms. The van der Waals surface area contributed by atoms with Crippen LogP contribution in [0.2, 0.25) is 0 Å². The molecule has 0 aromatic heterocycles. The van der Waals surface area contributed by atoms with Gasteiger partial charge >= 0.3 is 5.97 Å². The Bertz CT molecular complexity index is 481. The van der Waals surface area contributed by atoms with Crippen molar-refractivity contribution in [1.82, 2.24) is 0 Å². The molecular weight excluding hydrogens is 244 g/mol. The number of hydrogen-bond acceptors (Lipinski definition) is 6. The van der Waals surface area contributed by atoms with Gasteiger partial charge in [-0.05, 0) is 12.2 Å². The molecule has 3 aliphatic carbocycles. The van der Waals surface area contributed by atoms with Gasteiger partial charge in [-0.15, -0.1) is 0 Å². The summed E-state index contributed by atoms with van der Waals surface area (Å²) in [6.07, 6.45) is 4.31. The van der Waals surface area contributed by atoms with Gasteiger partial charge in [0.1, 0.15) is 5.92 Å². The molecule has 2 bridgehead atoms. The van der Waals surface area contributed by atoms with Gasteiger partial charge in [-0.1, -0.05) is 0 Å². The van der Waals surface area contributed by atoms with E-state index >= 15 is 0 Å². The first kappa shape index (κ1) is 12.2. The third-order valence-electron chi connectivity index (χ3n) is 3.51. The molecule has 0 N–H and O–H groups in total. The molecule has 0 radical (unpaired) electrons. The van der Waals surface area contributed by atoms with Gasteiger partial charge in [0.2, 0.25) is 0 Å². The van der Waals surface area contributed by atoms with Crippen LogP contribution in [-0.2, 0) is 9.53 Å². The maximum atomic E-state index is 11.6. The summed E-state index contributed by atoms with van der Waals surface area (Å²) in [5, 5.41) is 22.2. The second kappa shape index (κ2) is 3.62. The molecule has 0 amide bonds. The number of esters is 1. The highest BCUT2D eigenvalue weighted by Gasteiger charge is 2.63. The second-order valence-electron chi connectivity index (χ2n) is 4.34. The van der Waals surface area contributed by atoms with Crippen LogP contribution in [-0.4, -0.2) is 34.0 Å². The Morgan fingerprint density at radius 2 is 1.78 bits per heavy atom. The Balaban J connectivity index is 2.53. The largest absolute Gasteiger partial charge is 0.469 e. The summed E-state index contributed by atoms with van der Waals surface area (Å²) < 4.78 is 4.51. The van der Waals surface area contributed by atoms with Crippen molar-refractivity contribution >= 4 is 5.97 Å². The van der Waals surface area contributed by atoms with Crippen molar-refractivity contribution in [1.29, 1.82) is 0 Å². The maximum Gasteiger partial charge on any atom is 0.317 e. The first-order chi connectivity index (χ1) is 8.38. The fourth-order valence-electron chi connectivity index (χ4n) is 2.39. The van der Waals surface area contributed by atoms with Gasteiger partial charge in [0.05, 0.1) is 7.11 Å². The van der Waals surface area contributed by atoms with Gasteiger partial charge in [0.25, 0.3) is 11.1 Å². The summed E-state index contributed by atoms with van der Waals surface area (Å²) in [7, 11) is 1.10. The Morgan fingerprint density at radius 1 is 1.22 bits per heavy atom. The minimum Gasteiger partial charge on any atom is -0.469 e. The van der Waals surface area contributed by atoms with Crippen molar-refractivity contribution in [3.63, 3.8) is 0 Å². The molecule has 3 rings (SSSR count). The van der Waals surface area contributed by atoms with E-state index in [2.05, 4.69) is 4.74 Å². The summed E-state index contributed by atoms with van der Waals surface area (Å²) >= 11 is 0. The molecular formula is C10H10N2O6. The van der Waals surface area contributed by atoms with Crippen LogP contribution in [0.4, 0.5) is 0 Å². The van der Waals surface area contributed by atoms with Crippen LogP contribution in [0.5, 0.6) is 0 Å². The van der Waals surface area contributed by atoms with E-state index in [4.69, 9.17) is 0 Å². The highest BCUT2D eigenvalue weighted by molar-refractivity contribution is 5.76. The first-order valence-electron chi connectivity index (χ1n) is 5.15. The lowest BCUT2D eigenvalue weighted by molar-refractivity contribution is -0.576. The lowest BCUT2D eigenvalue weighted by Gasteiger charge is -2.37. The molecule has 0 aromatic carbocycles. The predicted octanol–water partition coefficient (Wildman–Crippen LogP) is 0.336. The predicted molar refractivity (Wildman–Crippen MR) is 57.9 cm³/mol. The highest BCUT2D eigenvalue weighted by atomic mass is 16.6. The first-order valence-corrected chi connectivity index (χ1v) is 5.15. The van der Waals surface area contributed by atoms with Crippen LogP contribution >= 0.6 is 0 Å². The van der Waals surface area contributed by atoms with E-state index in [1.807, 2.05) is 0 Å². The molecule has 1 atom stereocenters. The fourth-order valence-corrected chi connectivity index (χ4v) is 2.39. The lowest BCUT2D eigenvalue weighted by atomic mass is 9.65. The van der Waals surface area contributed by atoms with Crippen molar-refractivity contribution in [2.24, 2.45) is 5.92 Å². The van der Waals surface area contributed by atoms with E-state index in [1.54, 1.807) is 0 Å². The zero-order valence-corrected chi connectivity index (χ0v) is 9.44.